The zero-order chi connectivity index (χ0) is 17.9. The van der Waals surface area contributed by atoms with Crippen LogP contribution in [-0.4, -0.2) is 33.1 Å². The molecule has 1 N–H and O–H groups in total. The molecule has 2 aromatic carbocycles. The van der Waals surface area contributed by atoms with Gasteiger partial charge in [0.2, 0.25) is 0 Å². The summed E-state index contributed by atoms with van der Waals surface area (Å²) in [6.45, 7) is 0.672. The van der Waals surface area contributed by atoms with E-state index >= 15 is 0 Å². The van der Waals surface area contributed by atoms with Crippen molar-refractivity contribution in [2.75, 3.05) is 6.61 Å². The Bertz CT molecular complexity index is 938. The molecule has 5 nitrogen and oxygen atoms in total. The Hall–Kier alpha value is -2.57. The van der Waals surface area contributed by atoms with Crippen LogP contribution < -0.4 is 0 Å². The fourth-order valence-corrected chi connectivity index (χ4v) is 3.91. The van der Waals surface area contributed by atoms with E-state index in [1.165, 1.54) is 4.90 Å². The number of ether oxygens (including phenoxy) is 1. The zero-order valence-corrected chi connectivity index (χ0v) is 14.9. The molecular formula is C20H18N2O3S. The number of H-pyrrole nitrogens is 1. The third kappa shape index (κ3) is 3.38. The normalized spacial score (nSPS) is 17.4. The first kappa shape index (κ1) is 16.9. The van der Waals surface area contributed by atoms with Crippen LogP contribution in [0.3, 0.4) is 0 Å². The van der Waals surface area contributed by atoms with E-state index in [1.54, 1.807) is 0 Å². The van der Waals surface area contributed by atoms with Gasteiger partial charge in [0.15, 0.2) is 5.44 Å². The highest BCUT2D eigenvalue weighted by atomic mass is 32.2. The zero-order valence-electron chi connectivity index (χ0n) is 14.1. The Kier molecular flexibility index (Phi) is 4.77. The molecular weight excluding hydrogens is 348 g/mol. The fourth-order valence-electron chi connectivity index (χ4n) is 3.05. The number of hydrogen-bond acceptors (Lipinski definition) is 4. The van der Waals surface area contributed by atoms with Gasteiger partial charge in [0, 0.05) is 17.1 Å². The number of fused-ring (bicyclic) bond motifs is 1. The van der Waals surface area contributed by atoms with Crippen LogP contribution in [0.2, 0.25) is 0 Å². The number of hydrogen-bond donors (Lipinski definition) is 1. The number of carbonyl (C=O) groups excluding carboxylic acids is 2. The lowest BCUT2D eigenvalue weighted by Crippen LogP contribution is -2.32. The number of benzene rings is 2. The number of imide groups is 1. The molecule has 1 aliphatic rings. The van der Waals surface area contributed by atoms with Gasteiger partial charge in [0.1, 0.15) is 0 Å². The highest BCUT2D eigenvalue weighted by Crippen LogP contribution is 2.29. The highest BCUT2D eigenvalue weighted by Gasteiger charge is 2.40. The van der Waals surface area contributed by atoms with Crippen LogP contribution in [0.25, 0.3) is 10.9 Å². The highest BCUT2D eigenvalue weighted by molar-refractivity contribution is 8.15. The van der Waals surface area contributed by atoms with Crippen molar-refractivity contribution in [3.63, 3.8) is 0 Å². The van der Waals surface area contributed by atoms with Crippen LogP contribution in [0.15, 0.2) is 60.8 Å². The minimum atomic E-state index is -0.753. The number of nitrogens with zero attached hydrogens (tertiary/aromatic N) is 1. The number of aromatic amines is 1. The van der Waals surface area contributed by atoms with Crippen LogP contribution in [0.1, 0.15) is 11.1 Å². The molecule has 1 atom stereocenters. The van der Waals surface area contributed by atoms with Gasteiger partial charge in [-0.05, 0) is 35.4 Å². The standard InChI is InChI=1S/C20H18N2O3S/c23-18-19(26-20(24)22(18)13-14-6-2-1-3-7-14)25-11-10-15-12-21-17-9-5-4-8-16(15)17/h1-9,12,19,21H,10-11,13H2. The fraction of sp³-hybridized carbons (Fsp3) is 0.200. The Morgan fingerprint density at radius 2 is 1.81 bits per heavy atom. The summed E-state index contributed by atoms with van der Waals surface area (Å²) in [5.74, 6) is -0.275. The van der Waals surface area contributed by atoms with E-state index in [4.69, 9.17) is 4.74 Å². The summed E-state index contributed by atoms with van der Waals surface area (Å²) in [5.41, 5.74) is 2.40. The molecule has 1 fully saturated rings. The minimum Gasteiger partial charge on any atom is -0.361 e. The third-order valence-electron chi connectivity index (χ3n) is 4.39. The van der Waals surface area contributed by atoms with Crippen molar-refractivity contribution in [2.45, 2.75) is 18.4 Å². The van der Waals surface area contributed by atoms with Gasteiger partial charge in [-0.1, -0.05) is 48.5 Å². The molecule has 0 aliphatic carbocycles. The first-order chi connectivity index (χ1) is 12.7. The predicted molar refractivity (Wildman–Crippen MR) is 102 cm³/mol. The van der Waals surface area contributed by atoms with Crippen molar-refractivity contribution >= 4 is 33.8 Å². The molecule has 6 heteroatoms. The lowest BCUT2D eigenvalue weighted by molar-refractivity contribution is -0.134. The average Bonchev–Trinajstić information content (AvgIpc) is 3.19. The molecule has 132 valence electrons. The minimum absolute atomic E-state index is 0.254. The second-order valence-corrected chi connectivity index (χ2v) is 7.12. The Morgan fingerprint density at radius 1 is 1.04 bits per heavy atom. The summed E-state index contributed by atoms with van der Waals surface area (Å²) >= 11 is 0.949. The van der Waals surface area contributed by atoms with E-state index in [2.05, 4.69) is 11.1 Å². The molecule has 2 heterocycles. The summed E-state index contributed by atoms with van der Waals surface area (Å²) < 4.78 is 5.71. The topological polar surface area (TPSA) is 62.4 Å². The molecule has 3 aromatic rings. The quantitative estimate of drug-likeness (QED) is 0.718. The summed E-state index contributed by atoms with van der Waals surface area (Å²) in [6.07, 6.45) is 2.64. The van der Waals surface area contributed by atoms with Crippen molar-refractivity contribution in [1.29, 1.82) is 0 Å². The van der Waals surface area contributed by atoms with E-state index in [-0.39, 0.29) is 17.7 Å². The summed E-state index contributed by atoms with van der Waals surface area (Å²) in [7, 11) is 0. The van der Waals surface area contributed by atoms with Crippen LogP contribution in [0, 0.1) is 0 Å². The van der Waals surface area contributed by atoms with E-state index in [0.29, 0.717) is 13.0 Å². The lowest BCUT2D eigenvalue weighted by atomic mass is 10.1. The molecule has 0 radical (unpaired) electrons. The van der Waals surface area contributed by atoms with Gasteiger partial charge in [-0.15, -0.1) is 0 Å². The van der Waals surface area contributed by atoms with E-state index in [9.17, 15) is 9.59 Å². The van der Waals surface area contributed by atoms with E-state index < -0.39 is 5.44 Å². The summed E-state index contributed by atoms with van der Waals surface area (Å²) in [5, 5.41) is 0.902. The van der Waals surface area contributed by atoms with Gasteiger partial charge in [0.25, 0.3) is 11.1 Å². The van der Waals surface area contributed by atoms with Crippen molar-refractivity contribution < 1.29 is 14.3 Å². The summed E-state index contributed by atoms with van der Waals surface area (Å²) in [6, 6.07) is 17.6. The van der Waals surface area contributed by atoms with Gasteiger partial charge in [0.05, 0.1) is 13.2 Å². The molecule has 0 bridgehead atoms. The number of aromatic nitrogens is 1. The van der Waals surface area contributed by atoms with Crippen LogP contribution >= 0.6 is 11.8 Å². The Morgan fingerprint density at radius 3 is 2.65 bits per heavy atom. The Labute approximate surface area is 155 Å². The largest absolute Gasteiger partial charge is 0.361 e. The molecule has 1 aliphatic heterocycles. The van der Waals surface area contributed by atoms with E-state index in [1.807, 2.05) is 54.7 Å². The number of thioether (sulfide) groups is 1. The number of rotatable bonds is 6. The second kappa shape index (κ2) is 7.35. The maximum atomic E-state index is 12.5. The maximum Gasteiger partial charge on any atom is 0.291 e. The molecule has 1 unspecified atom stereocenters. The average molecular weight is 366 g/mol. The number of carbonyl (C=O) groups is 2. The number of para-hydroxylation sites is 1. The molecule has 1 saturated heterocycles. The van der Waals surface area contributed by atoms with Gasteiger partial charge >= 0.3 is 0 Å². The number of nitrogens with one attached hydrogen (secondary N) is 1. The first-order valence-corrected chi connectivity index (χ1v) is 9.33. The van der Waals surface area contributed by atoms with Crippen molar-refractivity contribution in [2.24, 2.45) is 0 Å². The SMILES string of the molecule is O=C1SC(OCCc2c[nH]c3ccccc23)C(=O)N1Cc1ccccc1. The monoisotopic (exact) mass is 366 g/mol. The molecule has 0 spiro atoms. The van der Waals surface area contributed by atoms with Crippen LogP contribution in [0.5, 0.6) is 0 Å². The van der Waals surface area contributed by atoms with Gasteiger partial charge in [-0.25, -0.2) is 0 Å². The molecule has 4 rings (SSSR count). The predicted octanol–water partition coefficient (Wildman–Crippen LogP) is 3.95. The van der Waals surface area contributed by atoms with Crippen molar-refractivity contribution in [3.8, 4) is 0 Å². The van der Waals surface area contributed by atoms with Crippen LogP contribution in [-0.2, 0) is 22.5 Å². The van der Waals surface area contributed by atoms with Crippen LogP contribution in [0.4, 0.5) is 4.79 Å². The summed E-state index contributed by atoms with van der Waals surface area (Å²) in [4.78, 5) is 29.1. The van der Waals surface area contributed by atoms with Crippen molar-refractivity contribution in [1.82, 2.24) is 9.88 Å². The maximum absolute atomic E-state index is 12.5. The van der Waals surface area contributed by atoms with Gasteiger partial charge in [-0.3, -0.25) is 14.5 Å². The lowest BCUT2D eigenvalue weighted by Gasteiger charge is -2.14. The van der Waals surface area contributed by atoms with E-state index in [0.717, 1.165) is 33.8 Å². The third-order valence-corrected chi connectivity index (χ3v) is 5.37. The van der Waals surface area contributed by atoms with Crippen molar-refractivity contribution in [3.05, 3.63) is 71.9 Å². The Balaban J connectivity index is 1.35. The molecule has 1 aromatic heterocycles. The molecule has 26 heavy (non-hydrogen) atoms. The smallest absolute Gasteiger partial charge is 0.291 e. The van der Waals surface area contributed by atoms with Gasteiger partial charge < -0.3 is 9.72 Å². The van der Waals surface area contributed by atoms with Gasteiger partial charge in [-0.2, -0.15) is 0 Å². The molecule has 0 saturated carbocycles. The molecule has 2 amide bonds. The first-order valence-electron chi connectivity index (χ1n) is 8.45. The number of amides is 2. The second-order valence-electron chi connectivity index (χ2n) is 6.11.